The van der Waals surface area contributed by atoms with Crippen LogP contribution in [-0.4, -0.2) is 12.6 Å². The lowest BCUT2D eigenvalue weighted by atomic mass is 10.2. The molecular weight excluding hydrogens is 110 g/mol. The molecule has 0 saturated heterocycles. The zero-order valence-corrected chi connectivity index (χ0v) is 6.48. The average molecular weight is 127 g/mol. The van der Waals surface area contributed by atoms with Crippen LogP contribution in [0.15, 0.2) is 12.7 Å². The minimum absolute atomic E-state index is 0.518. The predicted octanol–water partition coefficient (Wildman–Crippen LogP) is 1.95. The fourth-order valence-electron chi connectivity index (χ4n) is 0.724. The quantitative estimate of drug-likeness (QED) is 0.557. The van der Waals surface area contributed by atoms with E-state index in [1.54, 1.807) is 0 Å². The third kappa shape index (κ3) is 4.22. The third-order valence-electron chi connectivity index (χ3n) is 1.38. The Morgan fingerprint density at radius 2 is 2.22 bits per heavy atom. The minimum atomic E-state index is 0.518. The largest absolute Gasteiger partial charge is 0.311 e. The molecule has 9 heavy (non-hydrogen) atoms. The first-order chi connectivity index (χ1) is 4.35. The standard InChI is InChI=1S/C8H17N/c1-4-7-9-8(5-2)6-3/h5,8-9H,2,4,6-7H2,1,3H3. The molecule has 0 aliphatic carbocycles. The molecule has 0 aliphatic heterocycles. The molecule has 0 fully saturated rings. The first-order valence-corrected chi connectivity index (χ1v) is 3.71. The Bertz CT molecular complexity index is 69.0. The van der Waals surface area contributed by atoms with Gasteiger partial charge in [0.2, 0.25) is 0 Å². The van der Waals surface area contributed by atoms with Crippen LogP contribution in [-0.2, 0) is 0 Å². The molecule has 1 atom stereocenters. The van der Waals surface area contributed by atoms with Crippen LogP contribution < -0.4 is 5.32 Å². The van der Waals surface area contributed by atoms with Crippen molar-refractivity contribution in [3.8, 4) is 0 Å². The molecule has 54 valence electrons. The maximum atomic E-state index is 3.72. The molecule has 1 nitrogen and oxygen atoms in total. The van der Waals surface area contributed by atoms with Crippen molar-refractivity contribution in [2.24, 2.45) is 0 Å². The van der Waals surface area contributed by atoms with Crippen LogP contribution in [0.3, 0.4) is 0 Å². The normalized spacial score (nSPS) is 13.1. The summed E-state index contributed by atoms with van der Waals surface area (Å²) in [5, 5.41) is 3.35. The van der Waals surface area contributed by atoms with E-state index in [9.17, 15) is 0 Å². The second-order valence-corrected chi connectivity index (χ2v) is 2.20. The lowest BCUT2D eigenvalue weighted by Crippen LogP contribution is -2.26. The summed E-state index contributed by atoms with van der Waals surface area (Å²) in [6, 6.07) is 0.518. The van der Waals surface area contributed by atoms with E-state index in [4.69, 9.17) is 0 Å². The molecule has 0 heterocycles. The van der Waals surface area contributed by atoms with Crippen molar-refractivity contribution in [2.75, 3.05) is 6.54 Å². The Hall–Kier alpha value is -0.300. The fourth-order valence-corrected chi connectivity index (χ4v) is 0.724. The van der Waals surface area contributed by atoms with E-state index >= 15 is 0 Å². The molecule has 0 radical (unpaired) electrons. The van der Waals surface area contributed by atoms with Crippen LogP contribution in [0.2, 0.25) is 0 Å². The summed E-state index contributed by atoms with van der Waals surface area (Å²) >= 11 is 0. The van der Waals surface area contributed by atoms with Gasteiger partial charge in [0, 0.05) is 6.04 Å². The molecule has 0 amide bonds. The topological polar surface area (TPSA) is 12.0 Å². The molecule has 0 aromatic rings. The van der Waals surface area contributed by atoms with Gasteiger partial charge in [-0.15, -0.1) is 6.58 Å². The van der Waals surface area contributed by atoms with Gasteiger partial charge < -0.3 is 5.32 Å². The summed E-state index contributed by atoms with van der Waals surface area (Å²) in [5.74, 6) is 0. The number of nitrogens with one attached hydrogen (secondary N) is 1. The van der Waals surface area contributed by atoms with Crippen molar-refractivity contribution in [1.29, 1.82) is 0 Å². The van der Waals surface area contributed by atoms with Crippen molar-refractivity contribution in [3.63, 3.8) is 0 Å². The van der Waals surface area contributed by atoms with Gasteiger partial charge in [0.1, 0.15) is 0 Å². The second-order valence-electron chi connectivity index (χ2n) is 2.20. The summed E-state index contributed by atoms with van der Waals surface area (Å²) in [4.78, 5) is 0. The second kappa shape index (κ2) is 5.83. The van der Waals surface area contributed by atoms with E-state index in [-0.39, 0.29) is 0 Å². The van der Waals surface area contributed by atoms with Crippen molar-refractivity contribution in [1.82, 2.24) is 5.32 Å². The Morgan fingerprint density at radius 1 is 1.56 bits per heavy atom. The van der Waals surface area contributed by atoms with Gasteiger partial charge in [-0.1, -0.05) is 19.9 Å². The average Bonchev–Trinajstić information content (AvgIpc) is 1.91. The molecule has 0 aromatic carbocycles. The smallest absolute Gasteiger partial charge is 0.0244 e. The van der Waals surface area contributed by atoms with E-state index < -0.39 is 0 Å². The summed E-state index contributed by atoms with van der Waals surface area (Å²) in [6.07, 6.45) is 4.31. The van der Waals surface area contributed by atoms with Crippen molar-refractivity contribution in [3.05, 3.63) is 12.7 Å². The Morgan fingerprint density at radius 3 is 2.56 bits per heavy atom. The lowest BCUT2D eigenvalue weighted by molar-refractivity contribution is 0.575. The highest BCUT2D eigenvalue weighted by atomic mass is 14.9. The molecule has 1 N–H and O–H groups in total. The monoisotopic (exact) mass is 127 g/mol. The number of hydrogen-bond acceptors (Lipinski definition) is 1. The molecule has 0 rings (SSSR count). The van der Waals surface area contributed by atoms with Gasteiger partial charge in [-0.3, -0.25) is 0 Å². The highest BCUT2D eigenvalue weighted by Crippen LogP contribution is 1.90. The van der Waals surface area contributed by atoms with Gasteiger partial charge in [-0.25, -0.2) is 0 Å². The molecule has 0 spiro atoms. The van der Waals surface area contributed by atoms with Gasteiger partial charge in [-0.05, 0) is 19.4 Å². The maximum absolute atomic E-state index is 3.72. The number of hydrogen-bond donors (Lipinski definition) is 1. The third-order valence-corrected chi connectivity index (χ3v) is 1.38. The van der Waals surface area contributed by atoms with Crippen LogP contribution in [0.1, 0.15) is 26.7 Å². The van der Waals surface area contributed by atoms with Crippen LogP contribution in [0, 0.1) is 0 Å². The summed E-state index contributed by atoms with van der Waals surface area (Å²) in [6.45, 7) is 9.16. The van der Waals surface area contributed by atoms with Gasteiger partial charge in [0.15, 0.2) is 0 Å². The highest BCUT2D eigenvalue weighted by molar-refractivity contribution is 4.83. The fraction of sp³-hybridized carbons (Fsp3) is 0.750. The van der Waals surface area contributed by atoms with Crippen LogP contribution >= 0.6 is 0 Å². The van der Waals surface area contributed by atoms with Crippen LogP contribution in [0.4, 0.5) is 0 Å². The van der Waals surface area contributed by atoms with Crippen molar-refractivity contribution < 1.29 is 0 Å². The van der Waals surface area contributed by atoms with E-state index in [2.05, 4.69) is 25.7 Å². The van der Waals surface area contributed by atoms with Crippen LogP contribution in [0.25, 0.3) is 0 Å². The molecule has 1 heteroatoms. The Balaban J connectivity index is 3.20. The zero-order chi connectivity index (χ0) is 7.11. The molecule has 0 bridgehead atoms. The first kappa shape index (κ1) is 8.70. The maximum Gasteiger partial charge on any atom is 0.0244 e. The van der Waals surface area contributed by atoms with Crippen molar-refractivity contribution in [2.45, 2.75) is 32.7 Å². The van der Waals surface area contributed by atoms with E-state index in [0.717, 1.165) is 13.0 Å². The first-order valence-electron chi connectivity index (χ1n) is 3.71. The van der Waals surface area contributed by atoms with Gasteiger partial charge in [-0.2, -0.15) is 0 Å². The highest BCUT2D eigenvalue weighted by Gasteiger charge is 1.95. The van der Waals surface area contributed by atoms with E-state index in [0.29, 0.717) is 6.04 Å². The molecule has 0 aliphatic rings. The van der Waals surface area contributed by atoms with Crippen molar-refractivity contribution >= 4 is 0 Å². The molecule has 1 unspecified atom stereocenters. The molecule has 0 saturated carbocycles. The summed E-state index contributed by atoms with van der Waals surface area (Å²) in [7, 11) is 0. The zero-order valence-electron chi connectivity index (χ0n) is 6.48. The number of rotatable bonds is 5. The van der Waals surface area contributed by atoms with Gasteiger partial charge >= 0.3 is 0 Å². The predicted molar refractivity (Wildman–Crippen MR) is 42.6 cm³/mol. The summed E-state index contributed by atoms with van der Waals surface area (Å²) in [5.41, 5.74) is 0. The summed E-state index contributed by atoms with van der Waals surface area (Å²) < 4.78 is 0. The van der Waals surface area contributed by atoms with E-state index in [1.165, 1.54) is 6.42 Å². The SMILES string of the molecule is C=CC(CC)NCCC. The molecule has 0 aromatic heterocycles. The Labute approximate surface area is 58.2 Å². The van der Waals surface area contributed by atoms with Gasteiger partial charge in [0.25, 0.3) is 0 Å². The Kier molecular flexibility index (Phi) is 5.64. The minimum Gasteiger partial charge on any atom is -0.311 e. The lowest BCUT2D eigenvalue weighted by Gasteiger charge is -2.09. The molecular formula is C8H17N. The van der Waals surface area contributed by atoms with Crippen LogP contribution in [0.5, 0.6) is 0 Å². The van der Waals surface area contributed by atoms with E-state index in [1.807, 2.05) is 6.08 Å². The van der Waals surface area contributed by atoms with Gasteiger partial charge in [0.05, 0.1) is 0 Å².